The fraction of sp³-hybridized carbons (Fsp3) is 0. The highest BCUT2D eigenvalue weighted by atomic mass is 16.3. The molecule has 0 aliphatic rings. The SMILES string of the molecule is c1ccc(-c2nc(-c3ccc(-c4ccncc4)cc3)nc(-c3ccc(-c4ccc5c(c4)c4ccccc4c4ccc6oc7ccccc7c6c45)cc3)n2)cc1. The average molecular weight is 703 g/mol. The predicted molar refractivity (Wildman–Crippen MR) is 225 cm³/mol. The second-order valence-corrected chi connectivity index (χ2v) is 13.8. The van der Waals surface area contributed by atoms with Crippen LogP contribution < -0.4 is 0 Å². The number of para-hydroxylation sites is 1. The van der Waals surface area contributed by atoms with Gasteiger partial charge >= 0.3 is 0 Å². The summed E-state index contributed by atoms with van der Waals surface area (Å²) in [4.78, 5) is 19.1. The van der Waals surface area contributed by atoms with Crippen LogP contribution >= 0.6 is 0 Å². The highest BCUT2D eigenvalue weighted by Crippen LogP contribution is 2.43. The first kappa shape index (κ1) is 31.1. The molecule has 3 heterocycles. The Balaban J connectivity index is 1.02. The zero-order valence-electron chi connectivity index (χ0n) is 29.5. The number of aromatic nitrogens is 4. The van der Waals surface area contributed by atoms with Gasteiger partial charge in [-0.05, 0) is 85.6 Å². The summed E-state index contributed by atoms with van der Waals surface area (Å²) >= 11 is 0. The maximum absolute atomic E-state index is 6.33. The lowest BCUT2D eigenvalue weighted by molar-refractivity contribution is 0.669. The summed E-state index contributed by atoms with van der Waals surface area (Å²) in [5, 5.41) is 9.65. The number of pyridine rings is 1. The van der Waals surface area contributed by atoms with E-state index >= 15 is 0 Å². The summed E-state index contributed by atoms with van der Waals surface area (Å²) in [6.07, 6.45) is 3.62. The molecule has 0 aliphatic carbocycles. The van der Waals surface area contributed by atoms with Gasteiger partial charge in [0.1, 0.15) is 11.2 Å². The number of benzene rings is 8. The quantitative estimate of drug-likeness (QED) is 0.167. The van der Waals surface area contributed by atoms with Crippen molar-refractivity contribution in [3.63, 3.8) is 0 Å². The Morgan fingerprint density at radius 2 is 0.764 bits per heavy atom. The number of hydrogen-bond acceptors (Lipinski definition) is 5. The third-order valence-corrected chi connectivity index (χ3v) is 10.6. The summed E-state index contributed by atoms with van der Waals surface area (Å²) < 4.78 is 6.33. The Hall–Kier alpha value is -7.50. The summed E-state index contributed by atoms with van der Waals surface area (Å²) in [5.41, 5.74) is 9.07. The second-order valence-electron chi connectivity index (χ2n) is 13.8. The predicted octanol–water partition coefficient (Wildman–Crippen LogP) is 13.0. The van der Waals surface area contributed by atoms with Crippen molar-refractivity contribution in [1.29, 1.82) is 0 Å². The number of fused-ring (bicyclic) bond motifs is 10. The Labute approximate surface area is 316 Å². The average Bonchev–Trinajstić information content (AvgIpc) is 3.66. The van der Waals surface area contributed by atoms with Crippen molar-refractivity contribution < 1.29 is 4.42 Å². The summed E-state index contributed by atoms with van der Waals surface area (Å²) in [7, 11) is 0. The minimum absolute atomic E-state index is 0.626. The Morgan fingerprint density at radius 1 is 0.291 bits per heavy atom. The van der Waals surface area contributed by atoms with Crippen LogP contribution in [0.2, 0.25) is 0 Å². The van der Waals surface area contributed by atoms with E-state index in [0.29, 0.717) is 17.5 Å². The minimum Gasteiger partial charge on any atom is -0.456 e. The molecule has 11 aromatic rings. The third kappa shape index (κ3) is 5.24. The van der Waals surface area contributed by atoms with Gasteiger partial charge in [0.15, 0.2) is 17.5 Å². The molecule has 0 atom stereocenters. The first-order chi connectivity index (χ1) is 27.2. The molecule has 0 aliphatic heterocycles. The number of hydrogen-bond donors (Lipinski definition) is 0. The molecule has 55 heavy (non-hydrogen) atoms. The van der Waals surface area contributed by atoms with Crippen LogP contribution in [-0.2, 0) is 0 Å². The van der Waals surface area contributed by atoms with E-state index in [9.17, 15) is 0 Å². The maximum Gasteiger partial charge on any atom is 0.164 e. The molecule has 11 rings (SSSR count). The van der Waals surface area contributed by atoms with Crippen LogP contribution in [-0.4, -0.2) is 19.9 Å². The number of rotatable bonds is 5. The summed E-state index contributed by atoms with van der Waals surface area (Å²) in [6, 6.07) is 59.2. The van der Waals surface area contributed by atoms with Gasteiger partial charge in [0.25, 0.3) is 0 Å². The smallest absolute Gasteiger partial charge is 0.164 e. The van der Waals surface area contributed by atoms with Gasteiger partial charge in [-0.2, -0.15) is 0 Å². The zero-order valence-corrected chi connectivity index (χ0v) is 29.5. The van der Waals surface area contributed by atoms with Crippen molar-refractivity contribution >= 4 is 54.3 Å². The highest BCUT2D eigenvalue weighted by Gasteiger charge is 2.17. The van der Waals surface area contributed by atoms with Gasteiger partial charge in [0.2, 0.25) is 0 Å². The van der Waals surface area contributed by atoms with E-state index in [1.165, 1.54) is 32.3 Å². The molecular formula is C50H30N4O. The van der Waals surface area contributed by atoms with E-state index in [-0.39, 0.29) is 0 Å². The standard InChI is InChI=1S/C50H30N4O/c1-2-8-34(9-3-1)48-52-49(35-18-14-31(15-19-35)33-26-28-51-29-27-33)54-50(53-48)36-20-16-32(17-21-36)37-22-23-41-43(30-37)39-11-5-4-10-38(39)40-24-25-45-47(46(40)41)42-12-6-7-13-44(42)55-45/h1-30H. The van der Waals surface area contributed by atoms with Crippen molar-refractivity contribution in [1.82, 2.24) is 19.9 Å². The van der Waals surface area contributed by atoms with Crippen molar-refractivity contribution in [3.05, 3.63) is 182 Å². The highest BCUT2D eigenvalue weighted by molar-refractivity contribution is 6.34. The van der Waals surface area contributed by atoms with Gasteiger partial charge in [0, 0.05) is 45.2 Å². The van der Waals surface area contributed by atoms with Gasteiger partial charge in [-0.15, -0.1) is 0 Å². The van der Waals surface area contributed by atoms with Crippen LogP contribution in [0.3, 0.4) is 0 Å². The van der Waals surface area contributed by atoms with Gasteiger partial charge in [-0.1, -0.05) is 133 Å². The molecule has 256 valence electrons. The molecule has 0 radical (unpaired) electrons. The lowest BCUT2D eigenvalue weighted by atomic mass is 9.90. The summed E-state index contributed by atoms with van der Waals surface area (Å²) in [5.74, 6) is 1.89. The van der Waals surface area contributed by atoms with Crippen LogP contribution in [0.1, 0.15) is 0 Å². The normalized spacial score (nSPS) is 11.6. The molecule has 5 heteroatoms. The van der Waals surface area contributed by atoms with Crippen LogP contribution in [0.15, 0.2) is 187 Å². The molecule has 3 aromatic heterocycles. The Bertz CT molecular complexity index is 3230. The number of furan rings is 1. The summed E-state index contributed by atoms with van der Waals surface area (Å²) in [6.45, 7) is 0. The van der Waals surface area contributed by atoms with E-state index in [4.69, 9.17) is 19.4 Å². The van der Waals surface area contributed by atoms with E-state index < -0.39 is 0 Å². The van der Waals surface area contributed by atoms with Crippen LogP contribution in [0.25, 0.3) is 111 Å². The third-order valence-electron chi connectivity index (χ3n) is 10.6. The number of nitrogens with zero attached hydrogens (tertiary/aromatic N) is 4. The van der Waals surface area contributed by atoms with Crippen LogP contribution in [0.5, 0.6) is 0 Å². The lowest BCUT2D eigenvalue weighted by Gasteiger charge is -2.13. The molecule has 0 bridgehead atoms. The van der Waals surface area contributed by atoms with Gasteiger partial charge in [-0.25, -0.2) is 15.0 Å². The molecule has 5 nitrogen and oxygen atoms in total. The first-order valence-corrected chi connectivity index (χ1v) is 18.4. The fourth-order valence-corrected chi connectivity index (χ4v) is 7.96. The van der Waals surface area contributed by atoms with Crippen LogP contribution in [0.4, 0.5) is 0 Å². The Kier molecular flexibility index (Phi) is 7.10. The minimum atomic E-state index is 0.626. The molecule has 0 unspecified atom stereocenters. The molecular weight excluding hydrogens is 673 g/mol. The van der Waals surface area contributed by atoms with Crippen molar-refractivity contribution in [3.8, 4) is 56.4 Å². The molecule has 0 fully saturated rings. The first-order valence-electron chi connectivity index (χ1n) is 18.4. The van der Waals surface area contributed by atoms with E-state index in [0.717, 1.165) is 60.9 Å². The second kappa shape index (κ2) is 12.6. The molecule has 0 spiro atoms. The van der Waals surface area contributed by atoms with Crippen LogP contribution in [0, 0.1) is 0 Å². The van der Waals surface area contributed by atoms with E-state index in [2.05, 4.69) is 120 Å². The molecule has 0 N–H and O–H groups in total. The molecule has 0 amide bonds. The van der Waals surface area contributed by atoms with Crippen molar-refractivity contribution in [2.24, 2.45) is 0 Å². The largest absolute Gasteiger partial charge is 0.456 e. The van der Waals surface area contributed by atoms with E-state index in [1.807, 2.05) is 67.0 Å². The Morgan fingerprint density at radius 3 is 1.44 bits per heavy atom. The van der Waals surface area contributed by atoms with Crippen molar-refractivity contribution in [2.45, 2.75) is 0 Å². The van der Waals surface area contributed by atoms with Gasteiger partial charge in [0.05, 0.1) is 0 Å². The van der Waals surface area contributed by atoms with Gasteiger partial charge in [-0.3, -0.25) is 4.98 Å². The van der Waals surface area contributed by atoms with Crippen molar-refractivity contribution in [2.75, 3.05) is 0 Å². The zero-order chi connectivity index (χ0) is 36.3. The maximum atomic E-state index is 6.33. The lowest BCUT2D eigenvalue weighted by Crippen LogP contribution is -2.00. The topological polar surface area (TPSA) is 64.7 Å². The van der Waals surface area contributed by atoms with E-state index in [1.54, 1.807) is 0 Å². The molecule has 0 saturated carbocycles. The monoisotopic (exact) mass is 702 g/mol. The fourth-order valence-electron chi connectivity index (χ4n) is 7.96. The molecule has 8 aromatic carbocycles. The van der Waals surface area contributed by atoms with Gasteiger partial charge < -0.3 is 4.42 Å². The molecule has 0 saturated heterocycles.